The van der Waals surface area contributed by atoms with E-state index in [1.807, 2.05) is 25.1 Å². The van der Waals surface area contributed by atoms with Crippen LogP contribution in [0, 0.1) is 0 Å². The van der Waals surface area contributed by atoms with Crippen molar-refractivity contribution in [3.8, 4) is 11.4 Å². The average Bonchev–Trinajstić information content (AvgIpc) is 3.06. The van der Waals surface area contributed by atoms with Gasteiger partial charge in [0.25, 0.3) is 0 Å². The van der Waals surface area contributed by atoms with Gasteiger partial charge in [-0.05, 0) is 30.2 Å². The molecule has 8 heteroatoms. The lowest BCUT2D eigenvalue weighted by atomic mass is 10.1. The molecule has 0 amide bonds. The van der Waals surface area contributed by atoms with Gasteiger partial charge in [0, 0.05) is 18.0 Å². The molecule has 0 aliphatic heterocycles. The van der Waals surface area contributed by atoms with Crippen molar-refractivity contribution < 1.29 is 12.9 Å². The number of benzene rings is 1. The summed E-state index contributed by atoms with van der Waals surface area (Å²) in [6.07, 6.45) is 4.21. The molecule has 0 atom stereocenters. The lowest BCUT2D eigenvalue weighted by Crippen LogP contribution is -2.17. The Labute approximate surface area is 146 Å². The van der Waals surface area contributed by atoms with Crippen LogP contribution in [-0.2, 0) is 16.4 Å². The second-order valence-corrected chi connectivity index (χ2v) is 7.35. The highest BCUT2D eigenvalue weighted by atomic mass is 32.2. The first-order valence-electron chi connectivity index (χ1n) is 7.89. The molecular weight excluding hydrogens is 340 g/mol. The molecule has 1 aromatic carbocycles. The summed E-state index contributed by atoms with van der Waals surface area (Å²) in [5, 5.41) is 3.95. The fraction of sp³-hybridized carbons (Fsp3) is 0.235. The van der Waals surface area contributed by atoms with Gasteiger partial charge in [0.1, 0.15) is 0 Å². The number of para-hydroxylation sites is 1. The summed E-state index contributed by atoms with van der Waals surface area (Å²) in [5.41, 5.74) is 2.05. The Morgan fingerprint density at radius 1 is 1.16 bits per heavy atom. The van der Waals surface area contributed by atoms with Crippen molar-refractivity contribution in [3.05, 3.63) is 60.2 Å². The van der Waals surface area contributed by atoms with Gasteiger partial charge in [-0.15, -0.1) is 0 Å². The van der Waals surface area contributed by atoms with E-state index in [-0.39, 0.29) is 5.75 Å². The van der Waals surface area contributed by atoms with E-state index in [0.29, 0.717) is 30.2 Å². The van der Waals surface area contributed by atoms with E-state index in [9.17, 15) is 8.42 Å². The van der Waals surface area contributed by atoms with Crippen molar-refractivity contribution in [3.63, 3.8) is 0 Å². The first kappa shape index (κ1) is 17.1. The molecule has 0 fully saturated rings. The quantitative estimate of drug-likeness (QED) is 0.697. The van der Waals surface area contributed by atoms with Crippen molar-refractivity contribution in [2.75, 3.05) is 10.5 Å². The zero-order valence-electron chi connectivity index (χ0n) is 13.7. The van der Waals surface area contributed by atoms with Crippen molar-refractivity contribution in [2.24, 2.45) is 0 Å². The second-order valence-electron chi connectivity index (χ2n) is 5.51. The summed E-state index contributed by atoms with van der Waals surface area (Å²) in [7, 11) is -3.36. The van der Waals surface area contributed by atoms with Gasteiger partial charge in [-0.25, -0.2) is 8.42 Å². The molecule has 2 heterocycles. The standard InChI is InChI=1S/C17H18N4O3S/c1-2-10-25(22,23)21-15-8-4-3-6-13(15)11-16-19-17(20-24-16)14-7-5-9-18-12-14/h3-9,12,21H,2,10-11H2,1H3. The number of rotatable bonds is 7. The maximum atomic E-state index is 12.0. The van der Waals surface area contributed by atoms with E-state index in [1.165, 1.54) is 0 Å². The maximum absolute atomic E-state index is 12.0. The SMILES string of the molecule is CCCS(=O)(=O)Nc1ccccc1Cc1nc(-c2cccnc2)no1. The average molecular weight is 358 g/mol. The van der Waals surface area contributed by atoms with E-state index >= 15 is 0 Å². The Balaban J connectivity index is 1.81. The maximum Gasteiger partial charge on any atom is 0.232 e. The highest BCUT2D eigenvalue weighted by molar-refractivity contribution is 7.92. The summed E-state index contributed by atoms with van der Waals surface area (Å²) in [6.45, 7) is 1.82. The molecule has 2 aromatic heterocycles. The minimum absolute atomic E-state index is 0.0764. The largest absolute Gasteiger partial charge is 0.339 e. The molecule has 3 aromatic rings. The van der Waals surface area contributed by atoms with Gasteiger partial charge in [-0.2, -0.15) is 4.98 Å². The van der Waals surface area contributed by atoms with E-state index in [1.54, 1.807) is 30.6 Å². The van der Waals surface area contributed by atoms with Crippen molar-refractivity contribution in [2.45, 2.75) is 19.8 Å². The molecule has 0 aliphatic rings. The van der Waals surface area contributed by atoms with Crippen LogP contribution in [0.1, 0.15) is 24.8 Å². The predicted octanol–water partition coefficient (Wildman–Crippen LogP) is 2.87. The van der Waals surface area contributed by atoms with Crippen molar-refractivity contribution in [1.82, 2.24) is 15.1 Å². The van der Waals surface area contributed by atoms with Crippen LogP contribution in [0.3, 0.4) is 0 Å². The molecule has 0 unspecified atom stereocenters. The Hall–Kier alpha value is -2.74. The molecule has 3 rings (SSSR count). The zero-order valence-corrected chi connectivity index (χ0v) is 14.5. The van der Waals surface area contributed by atoms with Crippen LogP contribution in [0.25, 0.3) is 11.4 Å². The number of aromatic nitrogens is 3. The molecule has 0 saturated carbocycles. The molecule has 0 spiro atoms. The molecule has 0 radical (unpaired) electrons. The van der Waals surface area contributed by atoms with Crippen LogP contribution < -0.4 is 4.72 Å². The molecule has 25 heavy (non-hydrogen) atoms. The highest BCUT2D eigenvalue weighted by Crippen LogP contribution is 2.21. The van der Waals surface area contributed by atoms with E-state index < -0.39 is 10.0 Å². The Kier molecular flexibility index (Phi) is 5.08. The number of nitrogens with zero attached hydrogens (tertiary/aromatic N) is 3. The minimum Gasteiger partial charge on any atom is -0.339 e. The number of nitrogens with one attached hydrogen (secondary N) is 1. The fourth-order valence-electron chi connectivity index (χ4n) is 2.36. The van der Waals surface area contributed by atoms with E-state index in [0.717, 1.165) is 11.1 Å². The smallest absolute Gasteiger partial charge is 0.232 e. The molecular formula is C17H18N4O3S. The third-order valence-electron chi connectivity index (χ3n) is 3.49. The summed E-state index contributed by atoms with van der Waals surface area (Å²) in [5.74, 6) is 0.931. The first-order chi connectivity index (χ1) is 12.1. The molecule has 7 nitrogen and oxygen atoms in total. The fourth-order valence-corrected chi connectivity index (χ4v) is 3.54. The summed E-state index contributed by atoms with van der Waals surface area (Å²) in [6, 6.07) is 10.8. The second kappa shape index (κ2) is 7.43. The van der Waals surface area contributed by atoms with Crippen LogP contribution in [0.4, 0.5) is 5.69 Å². The van der Waals surface area contributed by atoms with Crippen molar-refractivity contribution in [1.29, 1.82) is 0 Å². The monoisotopic (exact) mass is 358 g/mol. The van der Waals surface area contributed by atoms with Crippen LogP contribution >= 0.6 is 0 Å². The lowest BCUT2D eigenvalue weighted by Gasteiger charge is -2.10. The Morgan fingerprint density at radius 3 is 2.76 bits per heavy atom. The molecule has 0 aliphatic carbocycles. The third-order valence-corrected chi connectivity index (χ3v) is 4.96. The Bertz CT molecular complexity index is 939. The lowest BCUT2D eigenvalue weighted by molar-refractivity contribution is 0.386. The molecule has 0 saturated heterocycles. The number of hydrogen-bond donors (Lipinski definition) is 1. The van der Waals surface area contributed by atoms with Crippen molar-refractivity contribution >= 4 is 15.7 Å². The van der Waals surface area contributed by atoms with E-state index in [4.69, 9.17) is 4.52 Å². The van der Waals surface area contributed by atoms with E-state index in [2.05, 4.69) is 19.8 Å². The molecule has 130 valence electrons. The van der Waals surface area contributed by atoms with Crippen LogP contribution in [0.15, 0.2) is 53.3 Å². The first-order valence-corrected chi connectivity index (χ1v) is 9.54. The summed E-state index contributed by atoms with van der Waals surface area (Å²) < 4.78 is 32.0. The molecule has 0 bridgehead atoms. The predicted molar refractivity (Wildman–Crippen MR) is 94.5 cm³/mol. The van der Waals surface area contributed by atoms with Gasteiger partial charge < -0.3 is 4.52 Å². The number of sulfonamides is 1. The summed E-state index contributed by atoms with van der Waals surface area (Å²) in [4.78, 5) is 8.38. The van der Waals surface area contributed by atoms with Gasteiger partial charge >= 0.3 is 0 Å². The van der Waals surface area contributed by atoms with Gasteiger partial charge in [0.05, 0.1) is 17.9 Å². The third kappa shape index (κ3) is 4.42. The van der Waals surface area contributed by atoms with Gasteiger partial charge in [-0.1, -0.05) is 30.3 Å². The normalized spacial score (nSPS) is 11.4. The van der Waals surface area contributed by atoms with Crippen LogP contribution in [0.2, 0.25) is 0 Å². The molecule has 1 N–H and O–H groups in total. The van der Waals surface area contributed by atoms with Gasteiger partial charge in [-0.3, -0.25) is 9.71 Å². The minimum atomic E-state index is -3.36. The number of hydrogen-bond acceptors (Lipinski definition) is 6. The topological polar surface area (TPSA) is 98.0 Å². The Morgan fingerprint density at radius 2 is 2.00 bits per heavy atom. The van der Waals surface area contributed by atoms with Gasteiger partial charge in [0.2, 0.25) is 21.7 Å². The zero-order chi connectivity index (χ0) is 17.7. The highest BCUT2D eigenvalue weighted by Gasteiger charge is 2.15. The number of anilines is 1. The van der Waals surface area contributed by atoms with Crippen LogP contribution in [-0.4, -0.2) is 29.3 Å². The van der Waals surface area contributed by atoms with Crippen LogP contribution in [0.5, 0.6) is 0 Å². The summed E-state index contributed by atoms with van der Waals surface area (Å²) >= 11 is 0. The number of pyridine rings is 1. The van der Waals surface area contributed by atoms with Gasteiger partial charge in [0.15, 0.2) is 0 Å².